The summed E-state index contributed by atoms with van der Waals surface area (Å²) in [5.74, 6) is 4.65. The van der Waals surface area contributed by atoms with Crippen LogP contribution in [0.25, 0.3) is 0 Å². The van der Waals surface area contributed by atoms with Crippen molar-refractivity contribution in [1.82, 2.24) is 0 Å². The average molecular weight is 262 g/mol. The molecule has 102 valence electrons. The van der Waals surface area contributed by atoms with Crippen molar-refractivity contribution in [2.45, 2.75) is 26.7 Å². The maximum atomic E-state index is 13.7. The van der Waals surface area contributed by atoms with Crippen LogP contribution in [0, 0.1) is 23.6 Å². The summed E-state index contributed by atoms with van der Waals surface area (Å²) in [6.07, 6.45) is 1.54. The lowest BCUT2D eigenvalue weighted by atomic mass is 10.0. The van der Waals surface area contributed by atoms with Gasteiger partial charge in [0, 0.05) is 11.6 Å². The zero-order valence-corrected chi connectivity index (χ0v) is 11.3. The van der Waals surface area contributed by atoms with Gasteiger partial charge in [0.15, 0.2) is 0 Å². The standard InChI is InChI=1S/C15H19FN2O/c1-3-11(4-2)15(19)18-13-8-7-12(6-5-9-17)14(16)10-13/h7-8,10-11H,3-4,9,17H2,1-2H3,(H,18,19). The van der Waals surface area contributed by atoms with Crippen LogP contribution in [-0.4, -0.2) is 12.5 Å². The number of carbonyl (C=O) groups is 1. The van der Waals surface area contributed by atoms with Gasteiger partial charge in [-0.05, 0) is 31.0 Å². The number of hydrogen-bond donors (Lipinski definition) is 2. The molecular formula is C15H19FN2O. The number of rotatable bonds is 4. The third-order valence-electron chi connectivity index (χ3n) is 2.92. The minimum atomic E-state index is -0.455. The summed E-state index contributed by atoms with van der Waals surface area (Å²) in [5, 5.41) is 2.72. The zero-order chi connectivity index (χ0) is 14.3. The minimum absolute atomic E-state index is 0.0419. The van der Waals surface area contributed by atoms with E-state index in [1.807, 2.05) is 13.8 Å². The summed E-state index contributed by atoms with van der Waals surface area (Å²) in [6.45, 7) is 4.10. The van der Waals surface area contributed by atoms with Crippen molar-refractivity contribution in [3.8, 4) is 11.8 Å². The fourth-order valence-electron chi connectivity index (χ4n) is 1.74. The van der Waals surface area contributed by atoms with Crippen LogP contribution < -0.4 is 11.1 Å². The van der Waals surface area contributed by atoms with E-state index in [0.29, 0.717) is 5.69 Å². The van der Waals surface area contributed by atoms with E-state index in [2.05, 4.69) is 17.2 Å². The summed E-state index contributed by atoms with van der Waals surface area (Å²) in [6, 6.07) is 4.46. The Morgan fingerprint density at radius 3 is 2.63 bits per heavy atom. The Morgan fingerprint density at radius 2 is 2.11 bits per heavy atom. The fourth-order valence-corrected chi connectivity index (χ4v) is 1.74. The third-order valence-corrected chi connectivity index (χ3v) is 2.92. The molecule has 1 rings (SSSR count). The summed E-state index contributed by atoms with van der Waals surface area (Å²) in [7, 11) is 0. The van der Waals surface area contributed by atoms with Gasteiger partial charge in [-0.15, -0.1) is 0 Å². The van der Waals surface area contributed by atoms with Crippen LogP contribution in [0.3, 0.4) is 0 Å². The first kappa shape index (κ1) is 15.2. The summed E-state index contributed by atoms with van der Waals surface area (Å²) < 4.78 is 13.7. The van der Waals surface area contributed by atoms with E-state index in [9.17, 15) is 9.18 Å². The first-order chi connectivity index (χ1) is 9.12. The van der Waals surface area contributed by atoms with Gasteiger partial charge in [-0.25, -0.2) is 4.39 Å². The molecule has 0 heterocycles. The van der Waals surface area contributed by atoms with E-state index in [1.165, 1.54) is 6.07 Å². The van der Waals surface area contributed by atoms with E-state index in [-0.39, 0.29) is 23.9 Å². The molecule has 3 nitrogen and oxygen atoms in total. The largest absolute Gasteiger partial charge is 0.326 e. The highest BCUT2D eigenvalue weighted by atomic mass is 19.1. The molecular weight excluding hydrogens is 243 g/mol. The Kier molecular flexibility index (Phi) is 6.04. The molecule has 0 aliphatic rings. The van der Waals surface area contributed by atoms with Gasteiger partial charge in [-0.1, -0.05) is 25.7 Å². The predicted octanol–water partition coefficient (Wildman–Crippen LogP) is 2.51. The van der Waals surface area contributed by atoms with Gasteiger partial charge >= 0.3 is 0 Å². The maximum absolute atomic E-state index is 13.7. The summed E-state index contributed by atoms with van der Waals surface area (Å²) >= 11 is 0. The zero-order valence-electron chi connectivity index (χ0n) is 11.3. The topological polar surface area (TPSA) is 55.1 Å². The van der Waals surface area contributed by atoms with Crippen LogP contribution in [0.1, 0.15) is 32.3 Å². The van der Waals surface area contributed by atoms with Gasteiger partial charge in [-0.2, -0.15) is 0 Å². The highest BCUT2D eigenvalue weighted by molar-refractivity contribution is 5.92. The van der Waals surface area contributed by atoms with Gasteiger partial charge in [0.2, 0.25) is 5.91 Å². The van der Waals surface area contributed by atoms with Crippen molar-refractivity contribution in [2.75, 3.05) is 11.9 Å². The maximum Gasteiger partial charge on any atom is 0.227 e. The van der Waals surface area contributed by atoms with Gasteiger partial charge in [0.05, 0.1) is 12.1 Å². The molecule has 0 fully saturated rings. The number of nitrogens with one attached hydrogen (secondary N) is 1. The summed E-state index contributed by atoms with van der Waals surface area (Å²) in [4.78, 5) is 11.9. The third kappa shape index (κ3) is 4.38. The lowest BCUT2D eigenvalue weighted by molar-refractivity contribution is -0.120. The van der Waals surface area contributed by atoms with Crippen LogP contribution in [-0.2, 0) is 4.79 Å². The molecule has 1 aromatic carbocycles. The lowest BCUT2D eigenvalue weighted by Crippen LogP contribution is -2.21. The van der Waals surface area contributed by atoms with Crippen LogP contribution in [0.4, 0.5) is 10.1 Å². The second-order valence-electron chi connectivity index (χ2n) is 4.20. The van der Waals surface area contributed by atoms with Gasteiger partial charge in [0.1, 0.15) is 5.82 Å². The average Bonchev–Trinajstić information content (AvgIpc) is 2.39. The molecule has 1 amide bonds. The molecule has 0 saturated carbocycles. The van der Waals surface area contributed by atoms with Crippen LogP contribution in [0.5, 0.6) is 0 Å². The number of halogens is 1. The fraction of sp³-hybridized carbons (Fsp3) is 0.400. The van der Waals surface area contributed by atoms with Crippen molar-refractivity contribution in [3.05, 3.63) is 29.6 Å². The Hall–Kier alpha value is -1.86. The lowest BCUT2D eigenvalue weighted by Gasteiger charge is -2.12. The number of anilines is 1. The van der Waals surface area contributed by atoms with E-state index >= 15 is 0 Å². The molecule has 0 bridgehead atoms. The highest BCUT2D eigenvalue weighted by Gasteiger charge is 2.14. The van der Waals surface area contributed by atoms with Crippen LogP contribution in [0.2, 0.25) is 0 Å². The van der Waals surface area contributed by atoms with E-state index in [0.717, 1.165) is 12.8 Å². The number of benzene rings is 1. The Labute approximate surface area is 113 Å². The molecule has 3 N–H and O–H groups in total. The normalized spacial score (nSPS) is 9.95. The second kappa shape index (κ2) is 7.55. The molecule has 0 aliphatic carbocycles. The number of amides is 1. The van der Waals surface area contributed by atoms with E-state index in [1.54, 1.807) is 12.1 Å². The molecule has 0 aliphatic heterocycles. The molecule has 0 spiro atoms. The van der Waals surface area contributed by atoms with Crippen molar-refractivity contribution < 1.29 is 9.18 Å². The van der Waals surface area contributed by atoms with E-state index in [4.69, 9.17) is 5.73 Å². The van der Waals surface area contributed by atoms with Crippen LogP contribution >= 0.6 is 0 Å². The van der Waals surface area contributed by atoms with E-state index < -0.39 is 5.82 Å². The molecule has 0 atom stereocenters. The number of carbonyl (C=O) groups excluding carboxylic acids is 1. The first-order valence-electron chi connectivity index (χ1n) is 6.41. The van der Waals surface area contributed by atoms with Crippen molar-refractivity contribution in [3.63, 3.8) is 0 Å². The van der Waals surface area contributed by atoms with Crippen molar-refractivity contribution >= 4 is 11.6 Å². The SMILES string of the molecule is CCC(CC)C(=O)Nc1ccc(C#CCN)c(F)c1. The molecule has 1 aromatic rings. The van der Waals surface area contributed by atoms with Crippen molar-refractivity contribution in [2.24, 2.45) is 11.7 Å². The quantitative estimate of drug-likeness (QED) is 0.819. The summed E-state index contributed by atoms with van der Waals surface area (Å²) in [5.41, 5.74) is 5.97. The number of hydrogen-bond acceptors (Lipinski definition) is 2. The molecule has 0 aromatic heterocycles. The van der Waals surface area contributed by atoms with Gasteiger partial charge in [0.25, 0.3) is 0 Å². The Bertz CT molecular complexity index is 499. The van der Waals surface area contributed by atoms with Gasteiger partial charge in [-0.3, -0.25) is 4.79 Å². The monoisotopic (exact) mass is 262 g/mol. The predicted molar refractivity (Wildman–Crippen MR) is 75.0 cm³/mol. The Morgan fingerprint density at radius 1 is 1.42 bits per heavy atom. The number of nitrogens with two attached hydrogens (primary N) is 1. The van der Waals surface area contributed by atoms with Crippen molar-refractivity contribution in [1.29, 1.82) is 0 Å². The Balaban J connectivity index is 2.81. The smallest absolute Gasteiger partial charge is 0.227 e. The minimum Gasteiger partial charge on any atom is -0.326 e. The first-order valence-corrected chi connectivity index (χ1v) is 6.41. The molecule has 0 unspecified atom stereocenters. The molecule has 19 heavy (non-hydrogen) atoms. The molecule has 4 heteroatoms. The van der Waals surface area contributed by atoms with Crippen LogP contribution in [0.15, 0.2) is 18.2 Å². The molecule has 0 radical (unpaired) electrons. The van der Waals surface area contributed by atoms with Gasteiger partial charge < -0.3 is 11.1 Å². The molecule has 0 saturated heterocycles. The second-order valence-corrected chi connectivity index (χ2v) is 4.20. The highest BCUT2D eigenvalue weighted by Crippen LogP contribution is 2.16.